The molecule has 2 saturated heterocycles. The molecule has 0 spiro atoms. The van der Waals surface area contributed by atoms with E-state index in [1.54, 1.807) is 59.9 Å². The molecule has 3 aliphatic rings. The molecule has 9 atom stereocenters. The van der Waals surface area contributed by atoms with Gasteiger partial charge in [-0.2, -0.15) is 0 Å². The topological polar surface area (TPSA) is 212 Å². The van der Waals surface area contributed by atoms with Crippen LogP contribution in [0.3, 0.4) is 0 Å². The zero-order valence-electron chi connectivity index (χ0n) is 41.2. The second-order valence-electron chi connectivity index (χ2n) is 19.1. The molecule has 7 amide bonds. The Kier molecular flexibility index (Phi) is 20.5. The lowest BCUT2D eigenvalue weighted by atomic mass is 9.89. The predicted octanol–water partition coefficient (Wildman–Crippen LogP) is 4.12. The van der Waals surface area contributed by atoms with Crippen LogP contribution >= 0.6 is 0 Å². The molecule has 3 heterocycles. The molecule has 1 aromatic rings. The summed E-state index contributed by atoms with van der Waals surface area (Å²) in [5, 5.41) is 15.6. The van der Waals surface area contributed by atoms with Gasteiger partial charge in [-0.25, -0.2) is 4.79 Å². The fourth-order valence-electron chi connectivity index (χ4n) is 9.97. The molecule has 0 aliphatic carbocycles. The van der Waals surface area contributed by atoms with Gasteiger partial charge in [0.1, 0.15) is 17.6 Å². The molecule has 2 fully saturated rings. The number of likely N-dealkylation sites (tertiary alicyclic amines) is 2. The third kappa shape index (κ3) is 13.7. The second kappa shape index (κ2) is 25.3. The maximum absolute atomic E-state index is 14.6. The lowest BCUT2D eigenvalue weighted by Gasteiger charge is -2.41. The Morgan fingerprint density at radius 2 is 1.54 bits per heavy atom. The smallest absolute Gasteiger partial charge is 0.326 e. The van der Waals surface area contributed by atoms with Crippen LogP contribution in [0.5, 0.6) is 0 Å². The predicted molar refractivity (Wildman–Crippen MR) is 251 cm³/mol. The molecule has 0 unspecified atom stereocenters. The summed E-state index contributed by atoms with van der Waals surface area (Å²) in [6.07, 6.45) is 7.02. The van der Waals surface area contributed by atoms with Gasteiger partial charge in [0.15, 0.2) is 0 Å². The number of imide groups is 1. The quantitative estimate of drug-likeness (QED) is 0.0889. The number of nitrogens with zero attached hydrogens (tertiary/aromatic N) is 4. The first-order valence-electron chi connectivity index (χ1n) is 24.1. The molecule has 3 N–H and O–H groups in total. The summed E-state index contributed by atoms with van der Waals surface area (Å²) in [6, 6.07) is 5.91. The van der Waals surface area contributed by atoms with Gasteiger partial charge in [0, 0.05) is 65.9 Å². The van der Waals surface area contributed by atoms with E-state index in [0.717, 1.165) is 18.4 Å². The highest BCUT2D eigenvalue weighted by Gasteiger charge is 2.48. The van der Waals surface area contributed by atoms with Crippen LogP contribution in [0.1, 0.15) is 118 Å². The van der Waals surface area contributed by atoms with Gasteiger partial charge in [-0.05, 0) is 62.8 Å². The number of amides is 7. The van der Waals surface area contributed by atoms with Gasteiger partial charge >= 0.3 is 5.97 Å². The van der Waals surface area contributed by atoms with E-state index in [2.05, 4.69) is 10.6 Å². The van der Waals surface area contributed by atoms with E-state index in [-0.39, 0.29) is 60.6 Å². The zero-order valence-corrected chi connectivity index (χ0v) is 41.2. The third-order valence-electron chi connectivity index (χ3n) is 14.2. The molecule has 4 rings (SSSR count). The van der Waals surface area contributed by atoms with E-state index in [1.807, 2.05) is 33.8 Å². The van der Waals surface area contributed by atoms with E-state index in [9.17, 15) is 43.5 Å². The van der Waals surface area contributed by atoms with Gasteiger partial charge in [0.25, 0.3) is 11.8 Å². The normalized spacial score (nSPS) is 21.5. The monoisotopic (exact) mass is 937 g/mol. The number of nitrogens with one attached hydrogen (secondary N) is 2. The van der Waals surface area contributed by atoms with Crippen molar-refractivity contribution in [3.05, 3.63) is 48.0 Å². The first-order valence-corrected chi connectivity index (χ1v) is 24.1. The molecule has 0 bridgehead atoms. The fourth-order valence-corrected chi connectivity index (χ4v) is 9.97. The zero-order chi connectivity index (χ0) is 49.6. The van der Waals surface area contributed by atoms with E-state index in [0.29, 0.717) is 64.6 Å². The number of benzene rings is 1. The Morgan fingerprint density at radius 3 is 2.13 bits per heavy atom. The molecule has 1 aromatic carbocycles. The van der Waals surface area contributed by atoms with Crippen LogP contribution in [-0.4, -0.2) is 155 Å². The largest absolute Gasteiger partial charge is 0.480 e. The highest BCUT2D eigenvalue weighted by molar-refractivity contribution is 6.12. The first-order chi connectivity index (χ1) is 31.8. The van der Waals surface area contributed by atoms with Crippen molar-refractivity contribution in [2.45, 2.75) is 161 Å². The molecular formula is C50H76N6O11. The van der Waals surface area contributed by atoms with Crippen LogP contribution in [0.2, 0.25) is 0 Å². The second-order valence-corrected chi connectivity index (χ2v) is 19.1. The van der Waals surface area contributed by atoms with Crippen molar-refractivity contribution in [2.24, 2.45) is 17.8 Å². The molecule has 0 aromatic heterocycles. The SMILES string of the molecule is CC[C@H](C)[C@@H]([C@@H](CC(=O)N1CCC[C@H]1[C@H](OC)[C@@H](C)C(=O)N[C@@H](Cc1ccccc1)C(=O)O)OC)N(C)C(=O)[C@@H](NC(=O)[C@]1(C)CCCN1C(=O)CCCCCCN1C(=O)C=CC1=O)C(C)C. The number of methoxy groups -OCH3 is 2. The number of hydrogen-bond donors (Lipinski definition) is 3. The van der Waals surface area contributed by atoms with Crippen molar-refractivity contribution in [3.8, 4) is 0 Å². The van der Waals surface area contributed by atoms with Crippen LogP contribution < -0.4 is 10.6 Å². The van der Waals surface area contributed by atoms with Crippen LogP contribution in [0.15, 0.2) is 42.5 Å². The standard InChI is InChI=1S/C50H76N6O11/c1-10-33(4)44(38(66-8)31-42(60)54-28-18-22-37(54)45(67-9)34(5)46(61)51-36(48(63)64)30-35-20-14-13-15-21-35)53(7)47(62)43(32(2)3)52-49(65)50(6)26-19-29-56(50)41(59)23-16-11-12-17-27-55-39(57)24-25-40(55)58/h13-15,20-21,24-25,32-34,36-38,43-45H,10-12,16-19,22-23,26-31H2,1-9H3,(H,51,61)(H,52,65)(H,63,64)/t33-,34+,36-,37-,38+,43-,44-,45+,50-/m0/s1. The van der Waals surface area contributed by atoms with Crippen molar-refractivity contribution in [1.29, 1.82) is 0 Å². The number of carbonyl (C=O) groups is 8. The average Bonchev–Trinajstić information content (AvgIpc) is 4.04. The minimum absolute atomic E-state index is 0.0715. The van der Waals surface area contributed by atoms with Gasteiger partial charge in [-0.1, -0.05) is 84.2 Å². The van der Waals surface area contributed by atoms with Gasteiger partial charge in [-0.3, -0.25) is 38.5 Å². The highest BCUT2D eigenvalue weighted by atomic mass is 16.5. The molecule has 17 nitrogen and oxygen atoms in total. The van der Waals surface area contributed by atoms with Crippen molar-refractivity contribution in [3.63, 3.8) is 0 Å². The van der Waals surface area contributed by atoms with Crippen molar-refractivity contribution >= 4 is 47.3 Å². The lowest BCUT2D eigenvalue weighted by Crippen LogP contribution is -2.62. The summed E-state index contributed by atoms with van der Waals surface area (Å²) in [5.41, 5.74) is -0.392. The summed E-state index contributed by atoms with van der Waals surface area (Å²) in [7, 11) is 4.66. The summed E-state index contributed by atoms with van der Waals surface area (Å²) < 4.78 is 11.9. The fraction of sp³-hybridized carbons (Fsp3) is 0.680. The molecule has 3 aliphatic heterocycles. The molecule has 372 valence electrons. The Labute approximate surface area is 396 Å². The van der Waals surface area contributed by atoms with E-state index in [4.69, 9.17) is 9.47 Å². The van der Waals surface area contributed by atoms with E-state index in [1.165, 1.54) is 31.3 Å². The van der Waals surface area contributed by atoms with E-state index < -0.39 is 65.6 Å². The minimum atomic E-state index is -1.16. The van der Waals surface area contributed by atoms with Gasteiger partial charge in [0.2, 0.25) is 29.5 Å². The van der Waals surface area contributed by atoms with Gasteiger partial charge in [0.05, 0.1) is 36.6 Å². The Bertz CT molecular complexity index is 1910. The number of ether oxygens (including phenoxy) is 2. The van der Waals surface area contributed by atoms with Crippen molar-refractivity contribution < 1.29 is 52.9 Å². The van der Waals surface area contributed by atoms with Gasteiger partial charge < -0.3 is 39.9 Å². The minimum Gasteiger partial charge on any atom is -0.480 e. The molecule has 17 heteroatoms. The van der Waals surface area contributed by atoms with Crippen LogP contribution in [0, 0.1) is 17.8 Å². The number of carbonyl (C=O) groups excluding carboxylic acids is 7. The number of carboxylic acid groups (broad SMARTS) is 1. The Balaban J connectivity index is 1.40. The molecule has 67 heavy (non-hydrogen) atoms. The summed E-state index contributed by atoms with van der Waals surface area (Å²) >= 11 is 0. The maximum Gasteiger partial charge on any atom is 0.326 e. The number of carboxylic acids is 1. The molecular weight excluding hydrogens is 861 g/mol. The number of unbranched alkanes of at least 4 members (excludes halogenated alkanes) is 3. The van der Waals surface area contributed by atoms with Crippen molar-refractivity contribution in [1.82, 2.24) is 30.2 Å². The molecule has 0 saturated carbocycles. The van der Waals surface area contributed by atoms with Crippen LogP contribution in [-0.2, 0) is 54.3 Å². The number of rotatable bonds is 26. The molecule has 0 radical (unpaired) electrons. The Hall–Kier alpha value is -5.16. The summed E-state index contributed by atoms with van der Waals surface area (Å²) in [6.45, 7) is 12.3. The highest BCUT2D eigenvalue weighted by Crippen LogP contribution is 2.32. The number of aliphatic carboxylic acids is 1. The van der Waals surface area contributed by atoms with E-state index >= 15 is 0 Å². The Morgan fingerprint density at radius 1 is 0.881 bits per heavy atom. The summed E-state index contributed by atoms with van der Waals surface area (Å²) in [4.78, 5) is 112. The lowest BCUT2D eigenvalue weighted by molar-refractivity contribution is -0.150. The average molecular weight is 937 g/mol. The van der Waals surface area contributed by atoms with Crippen LogP contribution in [0.4, 0.5) is 0 Å². The van der Waals surface area contributed by atoms with Crippen molar-refractivity contribution in [2.75, 3.05) is 40.9 Å². The third-order valence-corrected chi connectivity index (χ3v) is 14.2. The van der Waals surface area contributed by atoms with Gasteiger partial charge in [-0.15, -0.1) is 0 Å². The first kappa shape index (κ1) is 54.4. The maximum atomic E-state index is 14.6. The van der Waals surface area contributed by atoms with Crippen LogP contribution in [0.25, 0.3) is 0 Å². The number of likely N-dealkylation sites (N-methyl/N-ethyl adjacent to an activating group) is 1. The number of hydrogen-bond acceptors (Lipinski definition) is 10. The summed E-state index contributed by atoms with van der Waals surface area (Å²) in [5.74, 6) is -4.64.